The van der Waals surface area contributed by atoms with Gasteiger partial charge in [-0.1, -0.05) is 0 Å². The minimum absolute atomic E-state index is 0.00617. The summed E-state index contributed by atoms with van der Waals surface area (Å²) in [7, 11) is -1.06. The molecule has 2 N–H and O–H groups in total. The third-order valence-corrected chi connectivity index (χ3v) is 7.33. The van der Waals surface area contributed by atoms with Crippen molar-refractivity contribution in [2.75, 3.05) is 54.6 Å². The van der Waals surface area contributed by atoms with Gasteiger partial charge in [-0.2, -0.15) is 4.98 Å². The lowest BCUT2D eigenvalue weighted by atomic mass is 10.1. The lowest BCUT2D eigenvalue weighted by Crippen LogP contribution is -2.57. The highest BCUT2D eigenvalue weighted by Crippen LogP contribution is 2.45. The Morgan fingerprint density at radius 3 is 2.96 bits per heavy atom. The maximum absolute atomic E-state index is 12.0. The fourth-order valence-electron chi connectivity index (χ4n) is 3.95. The van der Waals surface area contributed by atoms with Crippen molar-refractivity contribution in [2.45, 2.75) is 24.9 Å². The molecule has 0 unspecified atom stereocenters. The lowest BCUT2D eigenvalue weighted by Gasteiger charge is -2.38. The van der Waals surface area contributed by atoms with E-state index in [1.54, 1.807) is 6.20 Å². The Morgan fingerprint density at radius 2 is 2.24 bits per heavy atom. The van der Waals surface area contributed by atoms with Crippen LogP contribution < -0.4 is 15.1 Å². The van der Waals surface area contributed by atoms with Crippen LogP contribution >= 0.6 is 0 Å². The molecule has 2 atom stereocenters. The molecule has 0 bridgehead atoms. The van der Waals surface area contributed by atoms with Gasteiger partial charge in [0.1, 0.15) is 5.82 Å². The van der Waals surface area contributed by atoms with Crippen LogP contribution in [0.1, 0.15) is 12.8 Å². The highest BCUT2D eigenvalue weighted by atomic mass is 32.2. The van der Waals surface area contributed by atoms with E-state index < -0.39 is 9.84 Å². The van der Waals surface area contributed by atoms with E-state index in [-0.39, 0.29) is 35.6 Å². The van der Waals surface area contributed by atoms with Gasteiger partial charge in [-0.25, -0.2) is 13.4 Å². The topological polar surface area (TPSA) is 98.7 Å². The van der Waals surface area contributed by atoms with Gasteiger partial charge in [-0.3, -0.25) is 0 Å². The number of nitrogens with zero attached hydrogens (tertiary/aromatic N) is 4. The molecule has 9 heteroatoms. The quantitative estimate of drug-likeness (QED) is 0.702. The first-order valence-corrected chi connectivity index (χ1v) is 10.6. The molecule has 1 aliphatic carbocycles. The molecule has 3 heterocycles. The number of aromatic nitrogens is 2. The second kappa shape index (κ2) is 6.07. The third kappa shape index (κ3) is 3.32. The standard InChI is InChI=1S/C16H25N5O3S/c1-20(10-16(11-22)3-4-16)15-18-5-2-14(19-15)21-7-6-17-12-8-25(23,24)9-13(12)21/h2,5,12-13,17,22H,3-4,6-11H2,1H3/t12-,13+/m1/s1. The Labute approximate surface area is 148 Å². The van der Waals surface area contributed by atoms with Crippen molar-refractivity contribution in [1.82, 2.24) is 15.3 Å². The number of rotatable bonds is 5. The SMILES string of the molecule is CN(CC1(CO)CC1)c1nccc(N2CCN[C@@H]3CS(=O)(=O)C[C@@H]32)n1. The van der Waals surface area contributed by atoms with E-state index in [0.717, 1.165) is 38.3 Å². The Bertz CT molecular complexity index is 752. The van der Waals surface area contributed by atoms with Gasteiger partial charge in [0, 0.05) is 44.3 Å². The van der Waals surface area contributed by atoms with Gasteiger partial charge < -0.3 is 20.2 Å². The molecule has 25 heavy (non-hydrogen) atoms. The van der Waals surface area contributed by atoms with Crippen LogP contribution in [-0.4, -0.2) is 80.4 Å². The molecule has 2 aliphatic heterocycles. The maximum Gasteiger partial charge on any atom is 0.227 e. The molecular formula is C16H25N5O3S. The molecule has 3 aliphatic rings. The summed E-state index contributed by atoms with van der Waals surface area (Å²) in [6.07, 6.45) is 3.80. The van der Waals surface area contributed by atoms with E-state index in [1.807, 2.05) is 18.0 Å². The molecule has 138 valence electrons. The lowest BCUT2D eigenvalue weighted by molar-refractivity contribution is 0.215. The first kappa shape index (κ1) is 17.0. The number of piperazine rings is 1. The predicted molar refractivity (Wildman–Crippen MR) is 95.6 cm³/mol. The molecule has 3 fully saturated rings. The van der Waals surface area contributed by atoms with Crippen molar-refractivity contribution >= 4 is 21.6 Å². The Balaban J connectivity index is 1.54. The number of anilines is 2. The molecule has 4 rings (SSSR count). The number of aliphatic hydroxyl groups is 1. The largest absolute Gasteiger partial charge is 0.396 e. The summed E-state index contributed by atoms with van der Waals surface area (Å²) in [5.74, 6) is 1.77. The van der Waals surface area contributed by atoms with Crippen LogP contribution in [0, 0.1) is 5.41 Å². The number of hydrogen-bond acceptors (Lipinski definition) is 8. The van der Waals surface area contributed by atoms with E-state index in [1.165, 1.54) is 0 Å². The predicted octanol–water partition coefficient (Wildman–Crippen LogP) is -0.739. The number of aliphatic hydroxyl groups excluding tert-OH is 1. The van der Waals surface area contributed by atoms with Gasteiger partial charge in [0.2, 0.25) is 5.95 Å². The van der Waals surface area contributed by atoms with Crippen molar-refractivity contribution in [3.8, 4) is 0 Å². The van der Waals surface area contributed by atoms with Gasteiger partial charge in [-0.05, 0) is 18.9 Å². The van der Waals surface area contributed by atoms with Crippen LogP contribution in [0.4, 0.5) is 11.8 Å². The minimum Gasteiger partial charge on any atom is -0.396 e. The highest BCUT2D eigenvalue weighted by molar-refractivity contribution is 7.91. The molecule has 0 aromatic carbocycles. The van der Waals surface area contributed by atoms with E-state index >= 15 is 0 Å². The van der Waals surface area contributed by atoms with Crippen LogP contribution in [0.5, 0.6) is 0 Å². The fourth-order valence-corrected chi connectivity index (χ4v) is 5.91. The number of sulfone groups is 1. The van der Waals surface area contributed by atoms with Gasteiger partial charge >= 0.3 is 0 Å². The molecule has 8 nitrogen and oxygen atoms in total. The van der Waals surface area contributed by atoms with Crippen molar-refractivity contribution in [3.05, 3.63) is 12.3 Å². The van der Waals surface area contributed by atoms with Gasteiger partial charge in [-0.15, -0.1) is 0 Å². The molecule has 1 saturated carbocycles. The first-order valence-electron chi connectivity index (χ1n) is 8.77. The summed E-state index contributed by atoms with van der Waals surface area (Å²) in [6, 6.07) is 1.75. The van der Waals surface area contributed by atoms with Crippen LogP contribution in [0.25, 0.3) is 0 Å². The molecule has 2 saturated heterocycles. The number of fused-ring (bicyclic) bond motifs is 1. The zero-order valence-electron chi connectivity index (χ0n) is 14.4. The Hall–Kier alpha value is -1.45. The van der Waals surface area contributed by atoms with E-state index in [0.29, 0.717) is 5.95 Å². The average molecular weight is 367 g/mol. The van der Waals surface area contributed by atoms with Crippen LogP contribution in [0.3, 0.4) is 0 Å². The maximum atomic E-state index is 12.0. The zero-order chi connectivity index (χ0) is 17.7. The fraction of sp³-hybridized carbons (Fsp3) is 0.750. The van der Waals surface area contributed by atoms with Crippen molar-refractivity contribution in [1.29, 1.82) is 0 Å². The molecule has 0 radical (unpaired) electrons. The zero-order valence-corrected chi connectivity index (χ0v) is 15.2. The van der Waals surface area contributed by atoms with Crippen LogP contribution in [0.15, 0.2) is 12.3 Å². The summed E-state index contributed by atoms with van der Waals surface area (Å²) >= 11 is 0. The molecule has 0 spiro atoms. The summed E-state index contributed by atoms with van der Waals surface area (Å²) in [6.45, 7) is 2.41. The van der Waals surface area contributed by atoms with Crippen LogP contribution in [-0.2, 0) is 9.84 Å². The molecule has 1 aromatic rings. The second-order valence-electron chi connectivity index (χ2n) is 7.63. The van der Waals surface area contributed by atoms with Crippen molar-refractivity contribution in [3.63, 3.8) is 0 Å². The van der Waals surface area contributed by atoms with E-state index in [4.69, 9.17) is 0 Å². The Kier molecular flexibility index (Phi) is 4.12. The first-order chi connectivity index (χ1) is 11.9. The van der Waals surface area contributed by atoms with Crippen molar-refractivity contribution in [2.24, 2.45) is 5.41 Å². The van der Waals surface area contributed by atoms with Crippen LogP contribution in [0.2, 0.25) is 0 Å². The summed E-state index contributed by atoms with van der Waals surface area (Å²) in [5.41, 5.74) is -0.00617. The molecular weight excluding hydrogens is 342 g/mol. The smallest absolute Gasteiger partial charge is 0.227 e. The second-order valence-corrected chi connectivity index (χ2v) is 9.78. The Morgan fingerprint density at radius 1 is 1.44 bits per heavy atom. The van der Waals surface area contributed by atoms with Gasteiger partial charge in [0.15, 0.2) is 9.84 Å². The average Bonchev–Trinajstić information content (AvgIpc) is 3.28. The summed E-state index contributed by atoms with van der Waals surface area (Å²) in [4.78, 5) is 13.1. The highest BCUT2D eigenvalue weighted by Gasteiger charge is 2.44. The number of hydrogen-bond donors (Lipinski definition) is 2. The van der Waals surface area contributed by atoms with Gasteiger partial charge in [0.05, 0.1) is 24.2 Å². The normalized spacial score (nSPS) is 29.3. The number of nitrogens with one attached hydrogen (secondary N) is 1. The molecule has 0 amide bonds. The van der Waals surface area contributed by atoms with E-state index in [9.17, 15) is 13.5 Å². The summed E-state index contributed by atoms with van der Waals surface area (Å²) < 4.78 is 24.0. The summed E-state index contributed by atoms with van der Waals surface area (Å²) in [5, 5.41) is 12.8. The monoisotopic (exact) mass is 367 g/mol. The van der Waals surface area contributed by atoms with Gasteiger partial charge in [0.25, 0.3) is 0 Å². The minimum atomic E-state index is -3.00. The molecule has 1 aromatic heterocycles. The third-order valence-electron chi connectivity index (χ3n) is 5.61. The van der Waals surface area contributed by atoms with E-state index in [2.05, 4.69) is 20.2 Å². The van der Waals surface area contributed by atoms with Crippen molar-refractivity contribution < 1.29 is 13.5 Å².